The van der Waals surface area contributed by atoms with E-state index in [1.807, 2.05) is 38.1 Å². The Balaban J connectivity index is 1.40. The maximum Gasteiger partial charge on any atom is 0.309 e. The van der Waals surface area contributed by atoms with E-state index in [4.69, 9.17) is 4.65 Å². The summed E-state index contributed by atoms with van der Waals surface area (Å²) < 4.78 is 6.39. The van der Waals surface area contributed by atoms with Crippen LogP contribution in [0.25, 0.3) is 44.2 Å². The number of fused-ring (bicyclic) bond motifs is 12. The predicted octanol–water partition coefficient (Wildman–Crippen LogP) is 8.26. The molecule has 6 aromatic carbocycles. The minimum Gasteiger partial charge on any atom is -0.427 e. The summed E-state index contributed by atoms with van der Waals surface area (Å²) in [5, 5.41) is 22.7. The van der Waals surface area contributed by atoms with E-state index in [-0.39, 0.29) is 0 Å². The molecule has 0 aliphatic heterocycles. The van der Waals surface area contributed by atoms with Crippen LogP contribution < -0.4 is 5.46 Å². The lowest BCUT2D eigenvalue weighted by Gasteiger charge is -2.37. The minimum absolute atomic E-state index is 0.388. The number of aliphatic hydroxyl groups is 1. The van der Waals surface area contributed by atoms with Gasteiger partial charge in [-0.1, -0.05) is 109 Å². The van der Waals surface area contributed by atoms with Crippen LogP contribution in [0, 0.1) is 11.3 Å². The van der Waals surface area contributed by atoms with Gasteiger partial charge < -0.3 is 9.76 Å². The molecule has 46 heavy (non-hydrogen) atoms. The molecule has 2 aliphatic rings. The Hall–Kier alpha value is -4.95. The molecule has 6 aromatic rings. The summed E-state index contributed by atoms with van der Waals surface area (Å²) in [6, 6.07) is 45.9. The van der Waals surface area contributed by atoms with Crippen molar-refractivity contribution in [3.63, 3.8) is 0 Å². The smallest absolute Gasteiger partial charge is 0.309 e. The molecule has 0 saturated carbocycles. The fraction of sp³-hybridized carbons (Fsp3) is 0.167. The second-order valence-corrected chi connectivity index (χ2v) is 13.7. The number of hydrogen-bond acceptors (Lipinski definition) is 3. The normalized spacial score (nSPS) is 16.1. The highest BCUT2D eigenvalue weighted by atomic mass is 16.5. The molecule has 0 bridgehead atoms. The Labute approximate surface area is 271 Å². The van der Waals surface area contributed by atoms with E-state index in [1.165, 1.54) is 55.3 Å². The van der Waals surface area contributed by atoms with Gasteiger partial charge in [-0.05, 0) is 112 Å². The second-order valence-electron chi connectivity index (χ2n) is 13.7. The van der Waals surface area contributed by atoms with E-state index in [2.05, 4.69) is 103 Å². The van der Waals surface area contributed by atoms with Crippen LogP contribution in [0.5, 0.6) is 0 Å². The van der Waals surface area contributed by atoms with Gasteiger partial charge in [0.2, 0.25) is 0 Å². The zero-order valence-corrected chi connectivity index (χ0v) is 26.6. The molecule has 0 fully saturated rings. The summed E-state index contributed by atoms with van der Waals surface area (Å²) >= 11 is 0. The van der Waals surface area contributed by atoms with Crippen LogP contribution in [0.1, 0.15) is 55.5 Å². The number of nitrogens with zero attached hydrogens (tertiary/aromatic N) is 1. The van der Waals surface area contributed by atoms with Gasteiger partial charge in [-0.25, -0.2) is 0 Å². The van der Waals surface area contributed by atoms with Gasteiger partial charge in [0, 0.05) is 0 Å². The third-order valence-electron chi connectivity index (χ3n) is 10.6. The van der Waals surface area contributed by atoms with E-state index in [0.29, 0.717) is 13.0 Å². The highest BCUT2D eigenvalue weighted by Gasteiger charge is 2.52. The van der Waals surface area contributed by atoms with Crippen molar-refractivity contribution in [3.8, 4) is 39.4 Å². The van der Waals surface area contributed by atoms with Crippen molar-refractivity contribution in [1.82, 2.24) is 0 Å². The molecular formula is C42H34BNO2. The van der Waals surface area contributed by atoms with Gasteiger partial charge in [-0.15, -0.1) is 0 Å². The Morgan fingerprint density at radius 1 is 0.652 bits per heavy atom. The molecule has 222 valence electrons. The van der Waals surface area contributed by atoms with Crippen molar-refractivity contribution in [2.24, 2.45) is 0 Å². The van der Waals surface area contributed by atoms with Crippen molar-refractivity contribution in [3.05, 3.63) is 149 Å². The molecule has 1 N–H and O–H groups in total. The van der Waals surface area contributed by atoms with Gasteiger partial charge in [0.25, 0.3) is 0 Å². The Kier molecular flexibility index (Phi) is 6.22. The maximum absolute atomic E-state index is 10.8. The average molecular weight is 596 g/mol. The molecule has 3 nitrogen and oxygen atoms in total. The third kappa shape index (κ3) is 3.99. The molecule has 1 unspecified atom stereocenters. The quantitative estimate of drug-likeness (QED) is 0.204. The Morgan fingerprint density at radius 3 is 2.09 bits per heavy atom. The fourth-order valence-electron chi connectivity index (χ4n) is 7.45. The van der Waals surface area contributed by atoms with Crippen LogP contribution in [-0.4, -0.2) is 23.8 Å². The number of benzene rings is 6. The lowest BCUT2D eigenvalue weighted by Crippen LogP contribution is -2.49. The number of hydrogen-bond donors (Lipinski definition) is 1. The fourth-order valence-corrected chi connectivity index (χ4v) is 7.45. The van der Waals surface area contributed by atoms with Crippen molar-refractivity contribution in [2.75, 3.05) is 0 Å². The molecule has 0 aromatic heterocycles. The van der Waals surface area contributed by atoms with Gasteiger partial charge in [0.1, 0.15) is 0 Å². The first-order valence-corrected chi connectivity index (χ1v) is 15.9. The summed E-state index contributed by atoms with van der Waals surface area (Å²) in [7, 11) is 0.388. The van der Waals surface area contributed by atoms with Crippen LogP contribution in [0.4, 0.5) is 0 Å². The number of nitriles is 1. The van der Waals surface area contributed by atoms with Crippen molar-refractivity contribution in [2.45, 2.75) is 44.3 Å². The predicted molar refractivity (Wildman–Crippen MR) is 189 cm³/mol. The lowest BCUT2D eigenvalue weighted by atomic mass is 9.69. The van der Waals surface area contributed by atoms with Crippen LogP contribution in [-0.2, 0) is 10.1 Å². The zero-order chi connectivity index (χ0) is 31.8. The first-order chi connectivity index (χ1) is 22.1. The minimum atomic E-state index is -0.993. The SMILES string of the molecule is CC(C)(O)C(C)(C)OBc1ccc2c(c1)C1(c3cc(-c4ccc(C#N)cc4)ccc3-2)c2ccccc2-c2c1ccc1ccccc21. The van der Waals surface area contributed by atoms with Gasteiger partial charge >= 0.3 is 7.48 Å². The van der Waals surface area contributed by atoms with E-state index >= 15 is 0 Å². The standard InChI is InChI=1S/C42H34BNO2/c1-40(2,45)41(3,4)46-43-30-19-21-33-32-20-17-29(27-15-13-26(25-44)14-16-27)23-37(32)42(38(33)24-30)35-12-8-7-11-34(35)39-31-10-6-5-9-28(31)18-22-36(39)42/h5-24,43,45H,1-4H3. The molecule has 4 heteroatoms. The van der Waals surface area contributed by atoms with E-state index in [0.717, 1.165) is 16.6 Å². The molecule has 2 aliphatic carbocycles. The molecule has 1 atom stereocenters. The summed E-state index contributed by atoms with van der Waals surface area (Å²) in [6.07, 6.45) is 0. The third-order valence-corrected chi connectivity index (χ3v) is 10.6. The van der Waals surface area contributed by atoms with Crippen molar-refractivity contribution < 1.29 is 9.76 Å². The molecular weight excluding hydrogens is 561 g/mol. The van der Waals surface area contributed by atoms with Crippen LogP contribution >= 0.6 is 0 Å². The monoisotopic (exact) mass is 595 g/mol. The van der Waals surface area contributed by atoms with Gasteiger partial charge in [0.15, 0.2) is 0 Å². The summed E-state index contributed by atoms with van der Waals surface area (Å²) in [5.41, 5.74) is 11.8. The summed E-state index contributed by atoms with van der Waals surface area (Å²) in [5.74, 6) is 0. The van der Waals surface area contributed by atoms with Crippen LogP contribution in [0.2, 0.25) is 0 Å². The topological polar surface area (TPSA) is 53.2 Å². The van der Waals surface area contributed by atoms with Gasteiger partial charge in [-0.3, -0.25) is 0 Å². The molecule has 1 spiro atoms. The maximum atomic E-state index is 10.8. The van der Waals surface area contributed by atoms with Crippen molar-refractivity contribution in [1.29, 1.82) is 5.26 Å². The molecule has 0 heterocycles. The van der Waals surface area contributed by atoms with E-state index in [1.54, 1.807) is 13.8 Å². The van der Waals surface area contributed by atoms with Gasteiger partial charge in [0.05, 0.1) is 28.2 Å². The molecule has 0 radical (unpaired) electrons. The average Bonchev–Trinajstić information content (AvgIpc) is 3.53. The first-order valence-electron chi connectivity index (χ1n) is 15.9. The Morgan fingerprint density at radius 2 is 1.33 bits per heavy atom. The van der Waals surface area contributed by atoms with E-state index < -0.39 is 16.6 Å². The highest BCUT2D eigenvalue weighted by Crippen LogP contribution is 2.63. The Bertz CT molecular complexity index is 2240. The lowest BCUT2D eigenvalue weighted by molar-refractivity contribution is -0.0893. The highest BCUT2D eigenvalue weighted by molar-refractivity contribution is 6.47. The zero-order valence-electron chi connectivity index (χ0n) is 26.6. The molecule has 0 saturated heterocycles. The second kappa shape index (κ2) is 10.0. The van der Waals surface area contributed by atoms with Crippen LogP contribution in [0.15, 0.2) is 121 Å². The summed E-state index contributed by atoms with van der Waals surface area (Å²) in [6.45, 7) is 7.47. The summed E-state index contributed by atoms with van der Waals surface area (Å²) in [4.78, 5) is 0. The number of rotatable bonds is 5. The molecule has 0 amide bonds. The molecule has 8 rings (SSSR count). The van der Waals surface area contributed by atoms with Gasteiger partial charge in [-0.2, -0.15) is 5.26 Å². The first kappa shape index (κ1) is 28.5. The van der Waals surface area contributed by atoms with E-state index in [9.17, 15) is 10.4 Å². The van der Waals surface area contributed by atoms with Crippen LogP contribution in [0.3, 0.4) is 0 Å². The van der Waals surface area contributed by atoms with Crippen molar-refractivity contribution >= 4 is 23.7 Å². The largest absolute Gasteiger partial charge is 0.427 e.